The molecular weight excluding hydrogens is 304 g/mol. The maximum atomic E-state index is 12.8. The van der Waals surface area contributed by atoms with Gasteiger partial charge in [-0.25, -0.2) is 9.78 Å². The Morgan fingerprint density at radius 2 is 1.79 bits per heavy atom. The Morgan fingerprint density at radius 1 is 1.00 bits per heavy atom. The summed E-state index contributed by atoms with van der Waals surface area (Å²) in [5.41, 5.74) is 2.95. The first-order chi connectivity index (χ1) is 11.6. The Morgan fingerprint density at radius 3 is 2.62 bits per heavy atom. The molecule has 1 aromatic carbocycles. The van der Waals surface area contributed by atoms with E-state index in [-0.39, 0.29) is 11.2 Å². The maximum Gasteiger partial charge on any atom is 0.332 e. The number of benzene rings is 1. The highest BCUT2D eigenvalue weighted by molar-refractivity contribution is 5.91. The van der Waals surface area contributed by atoms with Crippen molar-refractivity contribution in [3.63, 3.8) is 0 Å². The van der Waals surface area contributed by atoms with E-state index in [1.165, 1.54) is 17.2 Å². The predicted octanol–water partition coefficient (Wildman–Crippen LogP) is 1.72. The SMILES string of the molecule is Cn1c(=O)c2c(N3CCCc4ccccc43)ccnc2n(C)c1=O. The van der Waals surface area contributed by atoms with Crippen LogP contribution in [0.25, 0.3) is 11.0 Å². The fourth-order valence-corrected chi connectivity index (χ4v) is 3.48. The van der Waals surface area contributed by atoms with Crippen LogP contribution in [-0.2, 0) is 20.5 Å². The van der Waals surface area contributed by atoms with Gasteiger partial charge >= 0.3 is 5.69 Å². The lowest BCUT2D eigenvalue weighted by Gasteiger charge is -2.32. The van der Waals surface area contributed by atoms with Crippen LogP contribution < -0.4 is 16.1 Å². The molecule has 0 N–H and O–H groups in total. The third kappa shape index (κ3) is 1.99. The summed E-state index contributed by atoms with van der Waals surface area (Å²) in [5.74, 6) is 0. The molecule has 24 heavy (non-hydrogen) atoms. The second kappa shape index (κ2) is 5.33. The third-order valence-electron chi connectivity index (χ3n) is 4.72. The number of aryl methyl sites for hydroxylation is 2. The molecule has 6 nitrogen and oxygen atoms in total. The van der Waals surface area contributed by atoms with Gasteiger partial charge in [0, 0.05) is 32.5 Å². The summed E-state index contributed by atoms with van der Waals surface area (Å²) >= 11 is 0. The molecule has 0 unspecified atom stereocenters. The van der Waals surface area contributed by atoms with Crippen molar-refractivity contribution in [1.29, 1.82) is 0 Å². The number of hydrogen-bond donors (Lipinski definition) is 0. The van der Waals surface area contributed by atoms with Crippen molar-refractivity contribution in [3.8, 4) is 0 Å². The van der Waals surface area contributed by atoms with Crippen molar-refractivity contribution in [3.05, 3.63) is 62.9 Å². The number of pyridine rings is 1. The van der Waals surface area contributed by atoms with Crippen molar-refractivity contribution in [2.45, 2.75) is 12.8 Å². The maximum absolute atomic E-state index is 12.8. The summed E-state index contributed by atoms with van der Waals surface area (Å²) in [6, 6.07) is 10.1. The molecular formula is C18H18N4O2. The molecule has 0 fully saturated rings. The number of para-hydroxylation sites is 1. The second-order valence-electron chi connectivity index (χ2n) is 6.12. The van der Waals surface area contributed by atoms with Crippen LogP contribution in [0.2, 0.25) is 0 Å². The van der Waals surface area contributed by atoms with Gasteiger partial charge in [-0.05, 0) is 30.5 Å². The molecule has 2 aromatic heterocycles. The highest BCUT2D eigenvalue weighted by Crippen LogP contribution is 2.35. The Balaban J connectivity index is 2.07. The van der Waals surface area contributed by atoms with Gasteiger partial charge in [0.05, 0.1) is 5.69 Å². The van der Waals surface area contributed by atoms with E-state index < -0.39 is 0 Å². The van der Waals surface area contributed by atoms with Gasteiger partial charge in [0.1, 0.15) is 5.39 Å². The summed E-state index contributed by atoms with van der Waals surface area (Å²) in [4.78, 5) is 31.4. The number of fused-ring (bicyclic) bond motifs is 2. The number of rotatable bonds is 1. The van der Waals surface area contributed by atoms with Crippen LogP contribution in [0.1, 0.15) is 12.0 Å². The smallest absolute Gasteiger partial charge is 0.332 e. The molecule has 1 aliphatic heterocycles. The summed E-state index contributed by atoms with van der Waals surface area (Å²) in [6.07, 6.45) is 3.72. The molecule has 0 amide bonds. The lowest BCUT2D eigenvalue weighted by Crippen LogP contribution is -2.38. The van der Waals surface area contributed by atoms with Crippen molar-refractivity contribution in [2.75, 3.05) is 11.4 Å². The Kier molecular flexibility index (Phi) is 3.26. The van der Waals surface area contributed by atoms with E-state index in [1.54, 1.807) is 13.2 Å². The first-order valence-corrected chi connectivity index (χ1v) is 8.00. The van der Waals surface area contributed by atoms with Gasteiger partial charge in [-0.2, -0.15) is 0 Å². The topological polar surface area (TPSA) is 60.1 Å². The fourth-order valence-electron chi connectivity index (χ4n) is 3.48. The summed E-state index contributed by atoms with van der Waals surface area (Å²) < 4.78 is 2.57. The van der Waals surface area contributed by atoms with Crippen LogP contribution in [-0.4, -0.2) is 20.7 Å². The van der Waals surface area contributed by atoms with E-state index in [2.05, 4.69) is 22.0 Å². The zero-order valence-electron chi connectivity index (χ0n) is 13.7. The molecule has 0 bridgehead atoms. The van der Waals surface area contributed by atoms with E-state index in [4.69, 9.17) is 0 Å². The van der Waals surface area contributed by atoms with Gasteiger partial charge in [0.2, 0.25) is 0 Å². The number of nitrogens with zero attached hydrogens (tertiary/aromatic N) is 4. The Labute approximate surface area is 138 Å². The molecule has 122 valence electrons. The lowest BCUT2D eigenvalue weighted by atomic mass is 10.0. The molecule has 0 radical (unpaired) electrons. The normalized spacial score (nSPS) is 14.0. The Hall–Kier alpha value is -2.89. The molecule has 0 spiro atoms. The Bertz CT molecular complexity index is 1060. The average molecular weight is 322 g/mol. The lowest BCUT2D eigenvalue weighted by molar-refractivity contribution is 0.706. The van der Waals surface area contributed by atoms with E-state index in [9.17, 15) is 9.59 Å². The molecule has 0 atom stereocenters. The summed E-state index contributed by atoms with van der Waals surface area (Å²) in [7, 11) is 3.15. The van der Waals surface area contributed by atoms with Gasteiger partial charge in [0.25, 0.3) is 5.56 Å². The standard InChI is InChI=1S/C18H18N4O2/c1-20-16-15(17(23)21(2)18(20)24)14(9-10-19-16)22-11-5-7-12-6-3-4-8-13(12)22/h3-4,6,8-10H,5,7,11H2,1-2H3. The zero-order valence-corrected chi connectivity index (χ0v) is 13.7. The number of anilines is 2. The quantitative estimate of drug-likeness (QED) is 0.684. The fraction of sp³-hybridized carbons (Fsp3) is 0.278. The minimum absolute atomic E-state index is 0.306. The van der Waals surface area contributed by atoms with E-state index in [0.29, 0.717) is 11.0 Å². The minimum atomic E-state index is -0.365. The van der Waals surface area contributed by atoms with Gasteiger partial charge in [0.15, 0.2) is 5.65 Å². The van der Waals surface area contributed by atoms with Crippen molar-refractivity contribution >= 4 is 22.4 Å². The van der Waals surface area contributed by atoms with Gasteiger partial charge in [-0.15, -0.1) is 0 Å². The van der Waals surface area contributed by atoms with Crippen LogP contribution >= 0.6 is 0 Å². The highest BCUT2D eigenvalue weighted by atomic mass is 16.2. The van der Waals surface area contributed by atoms with Crippen molar-refractivity contribution in [2.24, 2.45) is 14.1 Å². The molecule has 6 heteroatoms. The van der Waals surface area contributed by atoms with Crippen LogP contribution in [0.3, 0.4) is 0 Å². The average Bonchev–Trinajstić information content (AvgIpc) is 2.63. The molecule has 0 saturated carbocycles. The number of hydrogen-bond acceptors (Lipinski definition) is 4. The molecule has 3 heterocycles. The molecule has 1 aliphatic rings. The summed E-state index contributed by atoms with van der Waals surface area (Å²) in [5, 5.41) is 0.485. The van der Waals surface area contributed by atoms with Gasteiger partial charge in [-0.3, -0.25) is 13.9 Å². The van der Waals surface area contributed by atoms with Crippen LogP contribution in [0, 0.1) is 0 Å². The van der Waals surface area contributed by atoms with Crippen molar-refractivity contribution in [1.82, 2.24) is 14.1 Å². The van der Waals surface area contributed by atoms with Crippen molar-refractivity contribution < 1.29 is 0 Å². The molecule has 0 aliphatic carbocycles. The van der Waals surface area contributed by atoms with Gasteiger partial charge in [-0.1, -0.05) is 18.2 Å². The monoisotopic (exact) mass is 322 g/mol. The predicted molar refractivity (Wildman–Crippen MR) is 94.0 cm³/mol. The first kappa shape index (κ1) is 14.7. The molecule has 3 aromatic rings. The first-order valence-electron chi connectivity index (χ1n) is 8.00. The van der Waals surface area contributed by atoms with E-state index in [0.717, 1.165) is 35.3 Å². The molecule has 0 saturated heterocycles. The van der Waals surface area contributed by atoms with E-state index in [1.807, 2.05) is 18.2 Å². The largest absolute Gasteiger partial charge is 0.340 e. The van der Waals surface area contributed by atoms with Crippen LogP contribution in [0.4, 0.5) is 11.4 Å². The zero-order chi connectivity index (χ0) is 16.8. The van der Waals surface area contributed by atoms with Gasteiger partial charge < -0.3 is 4.90 Å². The van der Waals surface area contributed by atoms with Crippen LogP contribution in [0.5, 0.6) is 0 Å². The van der Waals surface area contributed by atoms with E-state index >= 15 is 0 Å². The summed E-state index contributed by atoms with van der Waals surface area (Å²) in [6.45, 7) is 0.835. The number of aromatic nitrogens is 3. The second-order valence-corrected chi connectivity index (χ2v) is 6.12. The molecule has 4 rings (SSSR count). The highest BCUT2D eigenvalue weighted by Gasteiger charge is 2.22. The van der Waals surface area contributed by atoms with Crippen LogP contribution in [0.15, 0.2) is 46.1 Å². The third-order valence-corrected chi connectivity index (χ3v) is 4.72. The minimum Gasteiger partial charge on any atom is -0.340 e.